The van der Waals surface area contributed by atoms with Crippen LogP contribution in [0.5, 0.6) is 0 Å². The second-order valence-corrected chi connectivity index (χ2v) is 2.84. The average molecular weight is 162 g/mol. The van der Waals surface area contributed by atoms with Gasteiger partial charge in [0.15, 0.2) is 0 Å². The second-order valence-electron chi connectivity index (χ2n) is 2.37. The SMILES string of the molecule is NCCCC(CCN)O[SiH3]. The molecule has 1 atom stereocenters. The Hall–Kier alpha value is 0.0969. The highest BCUT2D eigenvalue weighted by Gasteiger charge is 2.02. The van der Waals surface area contributed by atoms with E-state index in [4.69, 9.17) is 15.9 Å². The lowest BCUT2D eigenvalue weighted by molar-refractivity contribution is 0.199. The maximum Gasteiger partial charge on any atom is 0.146 e. The summed E-state index contributed by atoms with van der Waals surface area (Å²) >= 11 is 0. The molecule has 0 radical (unpaired) electrons. The Labute approximate surface area is 65.7 Å². The first kappa shape index (κ1) is 10.1. The first-order valence-electron chi connectivity index (χ1n) is 3.78. The molecule has 0 aliphatic rings. The van der Waals surface area contributed by atoms with Crippen molar-refractivity contribution in [1.82, 2.24) is 0 Å². The van der Waals surface area contributed by atoms with Crippen LogP contribution in [0.3, 0.4) is 0 Å². The lowest BCUT2D eigenvalue weighted by Crippen LogP contribution is -2.17. The average Bonchev–Trinajstić information content (AvgIpc) is 1.98. The summed E-state index contributed by atoms with van der Waals surface area (Å²) in [4.78, 5) is 0. The van der Waals surface area contributed by atoms with E-state index in [0.717, 1.165) is 42.8 Å². The number of hydrogen-bond donors (Lipinski definition) is 2. The number of hydrogen-bond acceptors (Lipinski definition) is 3. The third-order valence-corrected chi connectivity index (χ3v) is 2.22. The van der Waals surface area contributed by atoms with Gasteiger partial charge < -0.3 is 15.9 Å². The molecule has 0 heterocycles. The van der Waals surface area contributed by atoms with Crippen LogP contribution < -0.4 is 11.5 Å². The van der Waals surface area contributed by atoms with Gasteiger partial charge in [0.05, 0.1) is 0 Å². The normalized spacial score (nSPS) is 13.8. The van der Waals surface area contributed by atoms with Crippen LogP contribution in [-0.4, -0.2) is 29.7 Å². The first-order valence-corrected chi connectivity index (χ1v) is 4.59. The molecule has 0 aliphatic carbocycles. The summed E-state index contributed by atoms with van der Waals surface area (Å²) in [5.41, 5.74) is 10.7. The predicted molar refractivity (Wildman–Crippen MR) is 46.8 cm³/mol. The largest absolute Gasteiger partial charge is 0.425 e. The van der Waals surface area contributed by atoms with Crippen LogP contribution in [0.1, 0.15) is 19.3 Å². The molecule has 0 saturated heterocycles. The van der Waals surface area contributed by atoms with E-state index >= 15 is 0 Å². The van der Waals surface area contributed by atoms with Gasteiger partial charge in [-0.1, -0.05) is 0 Å². The van der Waals surface area contributed by atoms with Gasteiger partial charge in [0, 0.05) is 6.10 Å². The van der Waals surface area contributed by atoms with E-state index in [1.165, 1.54) is 0 Å². The van der Waals surface area contributed by atoms with E-state index in [0.29, 0.717) is 6.10 Å². The maximum absolute atomic E-state index is 5.38. The molecule has 4 N–H and O–H groups in total. The van der Waals surface area contributed by atoms with Gasteiger partial charge in [-0.05, 0) is 32.4 Å². The lowest BCUT2D eigenvalue weighted by atomic mass is 10.1. The monoisotopic (exact) mass is 162 g/mol. The molecule has 3 nitrogen and oxygen atoms in total. The summed E-state index contributed by atoms with van der Waals surface area (Å²) in [7, 11) is 0.807. The minimum atomic E-state index is 0.375. The van der Waals surface area contributed by atoms with Gasteiger partial charge in [-0.25, -0.2) is 0 Å². The van der Waals surface area contributed by atoms with E-state index in [9.17, 15) is 0 Å². The van der Waals surface area contributed by atoms with Crippen LogP contribution in [0.25, 0.3) is 0 Å². The predicted octanol–water partition coefficient (Wildman–Crippen LogP) is -1.26. The van der Waals surface area contributed by atoms with Gasteiger partial charge in [0.2, 0.25) is 0 Å². The standard InChI is InChI=1S/C6H18N2OSi/c7-4-1-2-6(9-10)3-5-8/h6H,1-5,7-8H2,10H3. The third kappa shape index (κ3) is 4.93. The van der Waals surface area contributed by atoms with Crippen molar-refractivity contribution < 1.29 is 4.43 Å². The van der Waals surface area contributed by atoms with Crippen LogP contribution in [0.4, 0.5) is 0 Å². The quantitative estimate of drug-likeness (QED) is 0.479. The van der Waals surface area contributed by atoms with Crippen molar-refractivity contribution in [1.29, 1.82) is 0 Å². The fraction of sp³-hybridized carbons (Fsp3) is 1.00. The highest BCUT2D eigenvalue weighted by Crippen LogP contribution is 2.02. The molecule has 62 valence electrons. The summed E-state index contributed by atoms with van der Waals surface area (Å²) in [6.45, 7) is 1.48. The van der Waals surface area contributed by atoms with Crippen molar-refractivity contribution in [3.63, 3.8) is 0 Å². The van der Waals surface area contributed by atoms with Crippen LogP contribution in [-0.2, 0) is 4.43 Å². The fourth-order valence-electron chi connectivity index (χ4n) is 0.911. The molecular formula is C6H18N2OSi. The number of nitrogens with two attached hydrogens (primary N) is 2. The summed E-state index contributed by atoms with van der Waals surface area (Å²) in [6, 6.07) is 0. The molecule has 4 heteroatoms. The molecule has 0 spiro atoms. The Bertz CT molecular complexity index is 72.8. The van der Waals surface area contributed by atoms with Crippen LogP contribution >= 0.6 is 0 Å². The van der Waals surface area contributed by atoms with Crippen LogP contribution in [0, 0.1) is 0 Å². The molecule has 0 aromatic rings. The molecule has 0 bridgehead atoms. The zero-order valence-electron chi connectivity index (χ0n) is 6.68. The van der Waals surface area contributed by atoms with Gasteiger partial charge in [0.1, 0.15) is 10.5 Å². The van der Waals surface area contributed by atoms with Crippen molar-refractivity contribution in [2.24, 2.45) is 11.5 Å². The van der Waals surface area contributed by atoms with Crippen molar-refractivity contribution in [2.75, 3.05) is 13.1 Å². The zero-order chi connectivity index (χ0) is 7.82. The van der Waals surface area contributed by atoms with Crippen molar-refractivity contribution in [3.05, 3.63) is 0 Å². The van der Waals surface area contributed by atoms with Crippen molar-refractivity contribution in [3.8, 4) is 0 Å². The third-order valence-electron chi connectivity index (χ3n) is 1.55. The van der Waals surface area contributed by atoms with E-state index in [1.54, 1.807) is 0 Å². The van der Waals surface area contributed by atoms with Gasteiger partial charge in [-0.2, -0.15) is 0 Å². The van der Waals surface area contributed by atoms with Crippen molar-refractivity contribution >= 4 is 10.5 Å². The highest BCUT2D eigenvalue weighted by atomic mass is 28.2. The molecular weight excluding hydrogens is 144 g/mol. The fourth-order valence-corrected chi connectivity index (χ4v) is 1.38. The highest BCUT2D eigenvalue weighted by molar-refractivity contribution is 5.98. The Morgan fingerprint density at radius 2 is 1.90 bits per heavy atom. The minimum Gasteiger partial charge on any atom is -0.425 e. The smallest absolute Gasteiger partial charge is 0.146 e. The molecule has 10 heavy (non-hydrogen) atoms. The van der Waals surface area contributed by atoms with Gasteiger partial charge in [-0.3, -0.25) is 0 Å². The number of rotatable bonds is 6. The molecule has 1 unspecified atom stereocenters. The molecule has 0 aromatic carbocycles. The van der Waals surface area contributed by atoms with E-state index in [1.807, 2.05) is 0 Å². The van der Waals surface area contributed by atoms with Crippen LogP contribution in [0.2, 0.25) is 0 Å². The van der Waals surface area contributed by atoms with E-state index < -0.39 is 0 Å². The molecule has 0 saturated carbocycles. The summed E-state index contributed by atoms with van der Waals surface area (Å²) in [5, 5.41) is 0. The molecule has 0 aliphatic heterocycles. The Kier molecular flexibility index (Phi) is 7.28. The Morgan fingerprint density at radius 1 is 1.20 bits per heavy atom. The summed E-state index contributed by atoms with van der Waals surface area (Å²) in [6.07, 6.45) is 3.47. The lowest BCUT2D eigenvalue weighted by Gasteiger charge is -2.13. The van der Waals surface area contributed by atoms with Gasteiger partial charge in [-0.15, -0.1) is 0 Å². The minimum absolute atomic E-state index is 0.375. The van der Waals surface area contributed by atoms with E-state index in [2.05, 4.69) is 0 Å². The zero-order valence-corrected chi connectivity index (χ0v) is 8.68. The topological polar surface area (TPSA) is 61.3 Å². The maximum atomic E-state index is 5.38. The van der Waals surface area contributed by atoms with Crippen molar-refractivity contribution in [2.45, 2.75) is 25.4 Å². The second kappa shape index (κ2) is 7.21. The molecule has 0 amide bonds. The van der Waals surface area contributed by atoms with Crippen LogP contribution in [0.15, 0.2) is 0 Å². The molecule has 0 rings (SSSR count). The molecule has 0 aromatic heterocycles. The van der Waals surface area contributed by atoms with Gasteiger partial charge in [0.25, 0.3) is 0 Å². The van der Waals surface area contributed by atoms with Gasteiger partial charge >= 0.3 is 0 Å². The Balaban J connectivity index is 3.21. The summed E-state index contributed by atoms with van der Waals surface area (Å²) in [5.74, 6) is 0. The molecule has 0 fully saturated rings. The first-order chi connectivity index (χ1) is 4.85. The van der Waals surface area contributed by atoms with E-state index in [-0.39, 0.29) is 0 Å². The Morgan fingerprint density at radius 3 is 2.30 bits per heavy atom. The summed E-state index contributed by atoms with van der Waals surface area (Å²) < 4.78 is 5.30.